The fourth-order valence-corrected chi connectivity index (χ4v) is 4.29. The van der Waals surface area contributed by atoms with Gasteiger partial charge in [0.2, 0.25) is 0 Å². The van der Waals surface area contributed by atoms with Crippen molar-refractivity contribution in [2.75, 3.05) is 6.61 Å². The number of alkyl halides is 3. The van der Waals surface area contributed by atoms with Gasteiger partial charge in [-0.15, -0.1) is 11.3 Å². The molecule has 0 saturated carbocycles. The summed E-state index contributed by atoms with van der Waals surface area (Å²) >= 11 is 2.17. The minimum Gasteiger partial charge on any atom is -0.465 e. The molecule has 0 amide bonds. The quantitative estimate of drug-likeness (QED) is 0.523. The first kappa shape index (κ1) is 18.0. The summed E-state index contributed by atoms with van der Waals surface area (Å²) in [7, 11) is 0. The van der Waals surface area contributed by atoms with Gasteiger partial charge >= 0.3 is 12.1 Å². The van der Waals surface area contributed by atoms with Crippen LogP contribution in [0.2, 0.25) is 0 Å². The molecular formula is C16H10F3N3O3S2. The lowest BCUT2D eigenvalue weighted by atomic mass is 10.1. The lowest BCUT2D eigenvalue weighted by molar-refractivity contribution is -0.138. The van der Waals surface area contributed by atoms with E-state index < -0.39 is 33.9 Å². The van der Waals surface area contributed by atoms with E-state index in [1.807, 2.05) is 0 Å². The summed E-state index contributed by atoms with van der Waals surface area (Å²) in [6.45, 7) is 0.257. The maximum absolute atomic E-state index is 13.5. The molecule has 0 aliphatic carbocycles. The van der Waals surface area contributed by atoms with Crippen LogP contribution >= 0.6 is 23.1 Å². The first-order valence-corrected chi connectivity index (χ1v) is 9.48. The fraction of sp³-hybridized carbons (Fsp3) is 0.250. The van der Waals surface area contributed by atoms with Gasteiger partial charge in [0.05, 0.1) is 28.1 Å². The van der Waals surface area contributed by atoms with Gasteiger partial charge in [0.1, 0.15) is 5.25 Å². The number of hydrogen-bond donors (Lipinski definition) is 1. The third-order valence-electron chi connectivity index (χ3n) is 3.88. The minimum atomic E-state index is -4.74. The Morgan fingerprint density at radius 2 is 2.11 bits per heavy atom. The molecule has 6 nitrogen and oxygen atoms in total. The zero-order chi connectivity index (χ0) is 19.2. The summed E-state index contributed by atoms with van der Waals surface area (Å²) in [5, 5.41) is 0.557. The number of fused-ring (bicyclic) bond motifs is 1. The maximum atomic E-state index is 13.5. The molecule has 4 rings (SSSR count). The van der Waals surface area contributed by atoms with E-state index in [1.165, 1.54) is 11.3 Å². The summed E-state index contributed by atoms with van der Waals surface area (Å²) in [5.41, 5.74) is -2.28. The number of carbonyl (C=O) groups excluding carboxylic acids is 1. The van der Waals surface area contributed by atoms with Crippen molar-refractivity contribution in [1.29, 1.82) is 0 Å². The molecule has 0 bridgehead atoms. The molecule has 1 aliphatic heterocycles. The van der Waals surface area contributed by atoms with Crippen LogP contribution in [0.4, 0.5) is 13.2 Å². The summed E-state index contributed by atoms with van der Waals surface area (Å²) in [6, 6.07) is 4.18. The number of pyridine rings is 1. The Kier molecular flexibility index (Phi) is 4.42. The van der Waals surface area contributed by atoms with Gasteiger partial charge in [0, 0.05) is 6.42 Å². The first-order chi connectivity index (χ1) is 12.8. The minimum absolute atomic E-state index is 0.0281. The van der Waals surface area contributed by atoms with Crippen molar-refractivity contribution in [2.24, 2.45) is 0 Å². The Morgan fingerprint density at radius 3 is 2.74 bits per heavy atom. The van der Waals surface area contributed by atoms with Gasteiger partial charge in [0.25, 0.3) is 5.56 Å². The van der Waals surface area contributed by atoms with Crippen molar-refractivity contribution in [3.63, 3.8) is 0 Å². The highest BCUT2D eigenvalue weighted by Crippen LogP contribution is 2.36. The third kappa shape index (κ3) is 3.44. The van der Waals surface area contributed by atoms with E-state index in [-0.39, 0.29) is 23.1 Å². The van der Waals surface area contributed by atoms with Crippen LogP contribution in [0.15, 0.2) is 33.5 Å². The standard InChI is InChI=1S/C16H10F3N3O3S2/c17-16(18,19)7-6-8(9-2-1-5-26-9)20-12-11(7)13(23)22-15(21-12)27-10-3-4-25-14(10)24/h1-2,5-6,10H,3-4H2,(H,20,21,22,23)/t10-/m0/s1. The SMILES string of the molecule is O=C1OCC[C@@H]1Sc1nc2nc(-c3cccs3)cc(C(F)(F)F)c2c(=O)[nH]1. The van der Waals surface area contributed by atoms with Gasteiger partial charge < -0.3 is 9.72 Å². The van der Waals surface area contributed by atoms with E-state index >= 15 is 0 Å². The lowest BCUT2D eigenvalue weighted by Crippen LogP contribution is -2.18. The van der Waals surface area contributed by atoms with Crippen LogP contribution in [-0.4, -0.2) is 32.8 Å². The molecule has 3 aromatic rings. The number of H-pyrrole nitrogens is 1. The van der Waals surface area contributed by atoms with Gasteiger partial charge in [0.15, 0.2) is 10.8 Å². The number of aromatic amines is 1. The van der Waals surface area contributed by atoms with Gasteiger partial charge in [-0.05, 0) is 17.5 Å². The van der Waals surface area contributed by atoms with Crippen LogP contribution in [-0.2, 0) is 15.7 Å². The second-order valence-corrected chi connectivity index (χ2v) is 7.80. The fourth-order valence-electron chi connectivity index (χ4n) is 2.67. The number of nitrogens with zero attached hydrogens (tertiary/aromatic N) is 2. The monoisotopic (exact) mass is 413 g/mol. The first-order valence-electron chi connectivity index (χ1n) is 7.72. The summed E-state index contributed by atoms with van der Waals surface area (Å²) in [6.07, 6.45) is -4.31. The summed E-state index contributed by atoms with van der Waals surface area (Å²) < 4.78 is 45.4. The largest absolute Gasteiger partial charge is 0.465 e. The van der Waals surface area contributed by atoms with Crippen molar-refractivity contribution in [3.8, 4) is 10.6 Å². The molecule has 0 radical (unpaired) electrons. The van der Waals surface area contributed by atoms with Gasteiger partial charge in [-0.25, -0.2) is 9.97 Å². The average Bonchev–Trinajstić information content (AvgIpc) is 3.25. The number of ether oxygens (including phenoxy) is 1. The third-order valence-corrected chi connectivity index (χ3v) is 5.90. The highest BCUT2D eigenvalue weighted by Gasteiger charge is 2.36. The van der Waals surface area contributed by atoms with E-state index in [4.69, 9.17) is 4.74 Å². The van der Waals surface area contributed by atoms with Gasteiger partial charge in [-0.1, -0.05) is 17.8 Å². The second-order valence-electron chi connectivity index (χ2n) is 5.66. The summed E-state index contributed by atoms with van der Waals surface area (Å²) in [5.74, 6) is -0.445. The molecule has 0 aromatic carbocycles. The van der Waals surface area contributed by atoms with E-state index in [2.05, 4.69) is 15.0 Å². The number of aromatic nitrogens is 3. The molecule has 1 saturated heterocycles. The number of nitrogens with one attached hydrogen (secondary N) is 1. The van der Waals surface area contributed by atoms with E-state index in [0.29, 0.717) is 11.3 Å². The van der Waals surface area contributed by atoms with Crippen LogP contribution in [0.25, 0.3) is 21.6 Å². The topological polar surface area (TPSA) is 84.9 Å². The molecule has 11 heteroatoms. The second kappa shape index (κ2) is 6.64. The Bertz CT molecular complexity index is 1080. The highest BCUT2D eigenvalue weighted by atomic mass is 32.2. The molecule has 27 heavy (non-hydrogen) atoms. The molecule has 4 heterocycles. The van der Waals surface area contributed by atoms with Crippen molar-refractivity contribution in [2.45, 2.75) is 23.0 Å². The number of cyclic esters (lactones) is 1. The van der Waals surface area contributed by atoms with Crippen LogP contribution in [0, 0.1) is 0 Å². The molecular weight excluding hydrogens is 403 g/mol. The number of halogens is 3. The number of esters is 1. The Morgan fingerprint density at radius 1 is 1.30 bits per heavy atom. The lowest BCUT2D eigenvalue weighted by Gasteiger charge is -2.12. The average molecular weight is 413 g/mol. The predicted octanol–water partition coefficient (Wildman–Crippen LogP) is 3.47. The molecule has 1 fully saturated rings. The molecule has 140 valence electrons. The van der Waals surface area contributed by atoms with Crippen LogP contribution in [0.1, 0.15) is 12.0 Å². The molecule has 1 N–H and O–H groups in total. The number of hydrogen-bond acceptors (Lipinski definition) is 7. The molecule has 0 spiro atoms. The molecule has 0 unspecified atom stereocenters. The number of thioether (sulfide) groups is 1. The van der Waals surface area contributed by atoms with E-state index in [1.54, 1.807) is 17.5 Å². The predicted molar refractivity (Wildman–Crippen MR) is 93.7 cm³/mol. The highest BCUT2D eigenvalue weighted by molar-refractivity contribution is 8.00. The zero-order valence-corrected chi connectivity index (χ0v) is 15.0. The number of thiophene rings is 1. The van der Waals surface area contributed by atoms with Crippen LogP contribution in [0.3, 0.4) is 0 Å². The maximum Gasteiger partial charge on any atom is 0.417 e. The van der Waals surface area contributed by atoms with Crippen molar-refractivity contribution < 1.29 is 22.7 Å². The van der Waals surface area contributed by atoms with Crippen molar-refractivity contribution in [1.82, 2.24) is 15.0 Å². The normalized spacial score (nSPS) is 17.4. The van der Waals surface area contributed by atoms with Gasteiger partial charge in [-0.3, -0.25) is 9.59 Å². The Balaban J connectivity index is 1.89. The van der Waals surface area contributed by atoms with Gasteiger partial charge in [-0.2, -0.15) is 13.2 Å². The smallest absolute Gasteiger partial charge is 0.417 e. The van der Waals surface area contributed by atoms with E-state index in [0.717, 1.165) is 17.8 Å². The molecule has 1 atom stereocenters. The number of carbonyl (C=O) groups is 1. The molecule has 3 aromatic heterocycles. The van der Waals surface area contributed by atoms with Crippen LogP contribution < -0.4 is 5.56 Å². The number of rotatable bonds is 3. The zero-order valence-electron chi connectivity index (χ0n) is 13.4. The van der Waals surface area contributed by atoms with Crippen LogP contribution in [0.5, 0.6) is 0 Å². The molecule has 1 aliphatic rings. The summed E-state index contributed by atoms with van der Waals surface area (Å²) in [4.78, 5) is 35.0. The van der Waals surface area contributed by atoms with Crippen molar-refractivity contribution >= 4 is 40.1 Å². The Hall–Kier alpha value is -2.40. The van der Waals surface area contributed by atoms with Crippen molar-refractivity contribution in [3.05, 3.63) is 39.5 Å². The Labute approximate surface area is 157 Å². The van der Waals surface area contributed by atoms with E-state index in [9.17, 15) is 22.8 Å².